The number of aromatic nitrogens is 1. The molecule has 4 heteroatoms. The number of para-hydroxylation sites is 1. The van der Waals surface area contributed by atoms with E-state index in [1.54, 1.807) is 18.3 Å². The van der Waals surface area contributed by atoms with Crippen LogP contribution in [-0.2, 0) is 13.2 Å². The van der Waals surface area contributed by atoms with E-state index < -0.39 is 0 Å². The van der Waals surface area contributed by atoms with E-state index in [0.29, 0.717) is 17.9 Å². The average Bonchev–Trinajstić information content (AvgIpc) is 2.54. The molecule has 1 heterocycles. The maximum atomic E-state index is 13.8. The van der Waals surface area contributed by atoms with Gasteiger partial charge in [0.25, 0.3) is 0 Å². The van der Waals surface area contributed by atoms with E-state index in [9.17, 15) is 4.39 Å². The summed E-state index contributed by atoms with van der Waals surface area (Å²) in [6.45, 7) is 0.526. The van der Waals surface area contributed by atoms with Crippen LogP contribution in [-0.4, -0.2) is 4.98 Å². The van der Waals surface area contributed by atoms with E-state index in [0.717, 1.165) is 16.5 Å². The Hall–Kier alpha value is -2.46. The Morgan fingerprint density at radius 2 is 1.95 bits per heavy atom. The van der Waals surface area contributed by atoms with Crippen molar-refractivity contribution in [3.63, 3.8) is 0 Å². The largest absolute Gasteiger partial charge is 0.487 e. The molecule has 106 valence electrons. The van der Waals surface area contributed by atoms with E-state index >= 15 is 0 Å². The van der Waals surface area contributed by atoms with Crippen LogP contribution in [0.25, 0.3) is 10.9 Å². The van der Waals surface area contributed by atoms with Gasteiger partial charge in [-0.15, -0.1) is 0 Å². The highest BCUT2D eigenvalue weighted by atomic mass is 19.1. The van der Waals surface area contributed by atoms with Crippen molar-refractivity contribution in [3.8, 4) is 5.75 Å². The summed E-state index contributed by atoms with van der Waals surface area (Å²) in [5, 5.41) is 0.992. The van der Waals surface area contributed by atoms with Gasteiger partial charge in [-0.25, -0.2) is 4.39 Å². The number of ether oxygens (including phenoxy) is 1. The van der Waals surface area contributed by atoms with Crippen LogP contribution < -0.4 is 10.5 Å². The van der Waals surface area contributed by atoms with Crippen molar-refractivity contribution in [1.82, 2.24) is 4.98 Å². The minimum absolute atomic E-state index is 0.148. The minimum Gasteiger partial charge on any atom is -0.487 e. The lowest BCUT2D eigenvalue weighted by molar-refractivity contribution is 0.303. The molecule has 0 aliphatic heterocycles. The van der Waals surface area contributed by atoms with E-state index in [4.69, 9.17) is 10.5 Å². The lowest BCUT2D eigenvalue weighted by Crippen LogP contribution is -2.03. The summed E-state index contributed by atoms with van der Waals surface area (Å²) in [6.07, 6.45) is 1.71. The van der Waals surface area contributed by atoms with Crippen LogP contribution in [0, 0.1) is 5.82 Å². The molecule has 0 spiro atoms. The van der Waals surface area contributed by atoms with Crippen molar-refractivity contribution in [1.29, 1.82) is 0 Å². The predicted octanol–water partition coefficient (Wildman–Crippen LogP) is 3.41. The van der Waals surface area contributed by atoms with Gasteiger partial charge in [0.15, 0.2) is 0 Å². The zero-order valence-electron chi connectivity index (χ0n) is 11.4. The van der Waals surface area contributed by atoms with Crippen molar-refractivity contribution < 1.29 is 9.13 Å². The Balaban J connectivity index is 1.87. The number of hydrogen-bond donors (Lipinski definition) is 1. The SMILES string of the molecule is NCc1ccc(F)c(COc2cccc3cccnc23)c1. The van der Waals surface area contributed by atoms with Crippen molar-refractivity contribution in [3.05, 3.63) is 71.7 Å². The fraction of sp³-hybridized carbons (Fsp3) is 0.118. The second kappa shape index (κ2) is 5.89. The second-order valence-corrected chi connectivity index (χ2v) is 4.75. The van der Waals surface area contributed by atoms with Gasteiger partial charge in [0.2, 0.25) is 0 Å². The Morgan fingerprint density at radius 3 is 2.81 bits per heavy atom. The number of nitrogens with zero attached hydrogens (tertiary/aromatic N) is 1. The normalized spacial score (nSPS) is 10.8. The van der Waals surface area contributed by atoms with Crippen LogP contribution in [0.3, 0.4) is 0 Å². The first-order valence-corrected chi connectivity index (χ1v) is 6.72. The van der Waals surface area contributed by atoms with Gasteiger partial charge in [0.05, 0.1) is 0 Å². The smallest absolute Gasteiger partial charge is 0.146 e. The zero-order valence-corrected chi connectivity index (χ0v) is 11.4. The molecule has 1 aromatic heterocycles. The molecule has 2 aromatic carbocycles. The zero-order chi connectivity index (χ0) is 14.7. The Kier molecular flexibility index (Phi) is 3.79. The number of pyridine rings is 1. The number of nitrogens with two attached hydrogens (primary N) is 1. The highest BCUT2D eigenvalue weighted by molar-refractivity contribution is 5.84. The topological polar surface area (TPSA) is 48.1 Å². The molecule has 0 saturated carbocycles. The van der Waals surface area contributed by atoms with Crippen LogP contribution in [0.5, 0.6) is 5.75 Å². The summed E-state index contributed by atoms with van der Waals surface area (Å²) >= 11 is 0. The van der Waals surface area contributed by atoms with E-state index in [1.807, 2.05) is 30.3 Å². The lowest BCUT2D eigenvalue weighted by Gasteiger charge is -2.10. The summed E-state index contributed by atoms with van der Waals surface area (Å²) in [7, 11) is 0. The number of rotatable bonds is 4. The standard InChI is InChI=1S/C17H15FN2O/c18-15-7-6-12(10-19)9-14(15)11-21-16-5-1-3-13-4-2-8-20-17(13)16/h1-9H,10-11,19H2. The molecule has 0 atom stereocenters. The first-order valence-electron chi connectivity index (χ1n) is 6.72. The van der Waals surface area contributed by atoms with Crippen molar-refractivity contribution >= 4 is 10.9 Å². The number of hydrogen-bond acceptors (Lipinski definition) is 3. The highest BCUT2D eigenvalue weighted by Crippen LogP contribution is 2.24. The maximum absolute atomic E-state index is 13.8. The molecule has 0 saturated heterocycles. The van der Waals surface area contributed by atoms with Crippen molar-refractivity contribution in [2.24, 2.45) is 5.73 Å². The molecule has 0 fully saturated rings. The molecule has 0 amide bonds. The van der Waals surface area contributed by atoms with Gasteiger partial charge < -0.3 is 10.5 Å². The molecule has 0 radical (unpaired) electrons. The third-order valence-corrected chi connectivity index (χ3v) is 3.32. The quantitative estimate of drug-likeness (QED) is 0.797. The minimum atomic E-state index is -0.291. The Labute approximate surface area is 122 Å². The molecule has 0 aliphatic rings. The first-order chi connectivity index (χ1) is 10.3. The molecule has 0 unspecified atom stereocenters. The molecular formula is C17H15FN2O. The van der Waals surface area contributed by atoms with Gasteiger partial charge in [-0.05, 0) is 29.8 Å². The van der Waals surface area contributed by atoms with Crippen LogP contribution in [0.2, 0.25) is 0 Å². The first kappa shape index (κ1) is 13.5. The van der Waals surface area contributed by atoms with E-state index in [-0.39, 0.29) is 12.4 Å². The van der Waals surface area contributed by atoms with Gasteiger partial charge in [-0.3, -0.25) is 4.98 Å². The molecule has 0 aliphatic carbocycles. The summed E-state index contributed by atoms with van der Waals surface area (Å²) in [6, 6.07) is 14.4. The summed E-state index contributed by atoms with van der Waals surface area (Å²) in [5.41, 5.74) is 7.72. The Bertz CT molecular complexity index is 768. The van der Waals surface area contributed by atoms with Gasteiger partial charge in [0.1, 0.15) is 23.7 Å². The predicted molar refractivity (Wildman–Crippen MR) is 80.4 cm³/mol. The average molecular weight is 282 g/mol. The fourth-order valence-corrected chi connectivity index (χ4v) is 2.21. The monoisotopic (exact) mass is 282 g/mol. The maximum Gasteiger partial charge on any atom is 0.146 e. The van der Waals surface area contributed by atoms with Crippen LogP contribution >= 0.6 is 0 Å². The van der Waals surface area contributed by atoms with Crippen LogP contribution in [0.15, 0.2) is 54.7 Å². The second-order valence-electron chi connectivity index (χ2n) is 4.75. The van der Waals surface area contributed by atoms with E-state index in [2.05, 4.69) is 4.98 Å². The fourth-order valence-electron chi connectivity index (χ4n) is 2.21. The van der Waals surface area contributed by atoms with Gasteiger partial charge in [-0.2, -0.15) is 0 Å². The Morgan fingerprint density at radius 1 is 1.10 bits per heavy atom. The molecule has 3 rings (SSSR count). The lowest BCUT2D eigenvalue weighted by atomic mass is 10.1. The third kappa shape index (κ3) is 2.85. The van der Waals surface area contributed by atoms with Crippen LogP contribution in [0.4, 0.5) is 4.39 Å². The number of benzene rings is 2. The number of halogens is 1. The molecule has 0 bridgehead atoms. The summed E-state index contributed by atoms with van der Waals surface area (Å²) in [5.74, 6) is 0.353. The van der Waals surface area contributed by atoms with Gasteiger partial charge in [-0.1, -0.05) is 24.3 Å². The third-order valence-electron chi connectivity index (χ3n) is 3.32. The molecule has 21 heavy (non-hydrogen) atoms. The number of fused-ring (bicyclic) bond motifs is 1. The van der Waals surface area contributed by atoms with E-state index in [1.165, 1.54) is 6.07 Å². The summed E-state index contributed by atoms with van der Waals surface area (Å²) in [4.78, 5) is 4.31. The van der Waals surface area contributed by atoms with Gasteiger partial charge >= 0.3 is 0 Å². The van der Waals surface area contributed by atoms with Crippen molar-refractivity contribution in [2.75, 3.05) is 0 Å². The van der Waals surface area contributed by atoms with Crippen LogP contribution in [0.1, 0.15) is 11.1 Å². The summed E-state index contributed by atoms with van der Waals surface area (Å²) < 4.78 is 19.5. The molecule has 3 nitrogen and oxygen atoms in total. The van der Waals surface area contributed by atoms with Gasteiger partial charge in [0, 0.05) is 23.7 Å². The highest BCUT2D eigenvalue weighted by Gasteiger charge is 2.07. The molecule has 3 aromatic rings. The van der Waals surface area contributed by atoms with Crippen molar-refractivity contribution in [2.45, 2.75) is 13.2 Å². The molecular weight excluding hydrogens is 267 g/mol. The molecule has 2 N–H and O–H groups in total.